The molecule has 1 fully saturated rings. The van der Waals surface area contributed by atoms with E-state index in [2.05, 4.69) is 81.1 Å². The first-order valence-corrected chi connectivity index (χ1v) is 11.9. The smallest absolute Gasteiger partial charge is 0.0233 e. The summed E-state index contributed by atoms with van der Waals surface area (Å²) in [6.45, 7) is 6.67. The summed E-state index contributed by atoms with van der Waals surface area (Å²) in [5.74, 6) is 0. The normalized spacial score (nSPS) is 15.6. The van der Waals surface area contributed by atoms with Crippen LogP contribution in [0.2, 0.25) is 0 Å². The van der Waals surface area contributed by atoms with E-state index in [4.69, 9.17) is 0 Å². The molecule has 1 aliphatic heterocycles. The lowest BCUT2D eigenvalue weighted by molar-refractivity contribution is 0.192. The van der Waals surface area contributed by atoms with Gasteiger partial charge < -0.3 is 5.32 Å². The van der Waals surface area contributed by atoms with E-state index in [0.717, 1.165) is 13.1 Å². The van der Waals surface area contributed by atoms with Crippen molar-refractivity contribution >= 4 is 28.2 Å². The van der Waals surface area contributed by atoms with Gasteiger partial charge in [-0.15, -0.1) is 0 Å². The van der Waals surface area contributed by atoms with Crippen LogP contribution in [0.5, 0.6) is 0 Å². The lowest BCUT2D eigenvalue weighted by Gasteiger charge is -2.32. The molecule has 0 aliphatic carbocycles. The fourth-order valence-corrected chi connectivity index (χ4v) is 5.29. The van der Waals surface area contributed by atoms with Gasteiger partial charge in [-0.25, -0.2) is 0 Å². The van der Waals surface area contributed by atoms with Crippen molar-refractivity contribution in [1.82, 2.24) is 10.2 Å². The predicted molar refractivity (Wildman–Crippen MR) is 123 cm³/mol. The third kappa shape index (κ3) is 5.00. The van der Waals surface area contributed by atoms with Crippen LogP contribution in [0.25, 0.3) is 5.57 Å². The Morgan fingerprint density at radius 3 is 2.18 bits per heavy atom. The van der Waals surface area contributed by atoms with E-state index in [1.165, 1.54) is 53.8 Å². The van der Waals surface area contributed by atoms with Gasteiger partial charge in [0.15, 0.2) is 0 Å². The van der Waals surface area contributed by atoms with Gasteiger partial charge in [-0.05, 0) is 88.8 Å². The maximum absolute atomic E-state index is 3.83. The Bertz CT molecular complexity index is 822. The quantitative estimate of drug-likeness (QED) is 0.525. The van der Waals surface area contributed by atoms with Crippen LogP contribution in [0.1, 0.15) is 36.5 Å². The fraction of sp³-hybridized carbons (Fsp3) is 0.333. The van der Waals surface area contributed by atoms with Gasteiger partial charge in [-0.3, -0.25) is 4.90 Å². The molecule has 1 N–H and O–H groups in total. The number of piperidine rings is 1. The maximum Gasteiger partial charge on any atom is 0.0233 e. The van der Waals surface area contributed by atoms with Crippen LogP contribution >= 0.6 is 22.7 Å². The second-order valence-electron chi connectivity index (χ2n) is 7.60. The van der Waals surface area contributed by atoms with E-state index < -0.39 is 0 Å². The number of nitrogens with zero attached hydrogens (tertiary/aromatic N) is 1. The molecule has 4 heteroatoms. The highest BCUT2D eigenvalue weighted by Gasteiger charge is 2.19. The third-order valence-corrected chi connectivity index (χ3v) is 6.91. The Morgan fingerprint density at radius 1 is 0.964 bits per heavy atom. The van der Waals surface area contributed by atoms with Crippen molar-refractivity contribution < 1.29 is 0 Å². The second-order valence-corrected chi connectivity index (χ2v) is 9.16. The molecule has 0 saturated carbocycles. The van der Waals surface area contributed by atoms with Gasteiger partial charge in [0.25, 0.3) is 0 Å². The molecular weight excluding hydrogens is 380 g/mol. The van der Waals surface area contributed by atoms with Gasteiger partial charge >= 0.3 is 0 Å². The molecule has 2 nitrogen and oxygen atoms in total. The molecule has 1 aromatic carbocycles. The van der Waals surface area contributed by atoms with Gasteiger partial charge in [0.1, 0.15) is 0 Å². The first-order chi connectivity index (χ1) is 13.8. The van der Waals surface area contributed by atoms with Gasteiger partial charge in [-0.1, -0.05) is 35.9 Å². The molecule has 2 aromatic heterocycles. The van der Waals surface area contributed by atoms with E-state index in [1.54, 1.807) is 22.7 Å². The zero-order chi connectivity index (χ0) is 19.2. The molecule has 3 aromatic rings. The molecular formula is C24H28N2S2. The van der Waals surface area contributed by atoms with Crippen LogP contribution in [0.15, 0.2) is 69.6 Å². The molecule has 0 amide bonds. The Hall–Kier alpha value is -1.72. The van der Waals surface area contributed by atoms with Gasteiger partial charge in [0.2, 0.25) is 0 Å². The Kier molecular flexibility index (Phi) is 6.76. The summed E-state index contributed by atoms with van der Waals surface area (Å²) in [7, 11) is 0. The minimum Gasteiger partial charge on any atom is -0.310 e. The zero-order valence-corrected chi connectivity index (χ0v) is 18.1. The van der Waals surface area contributed by atoms with Gasteiger partial charge in [-0.2, -0.15) is 22.7 Å². The number of likely N-dealkylation sites (tertiary alicyclic amines) is 1. The molecule has 146 valence electrons. The summed E-state index contributed by atoms with van der Waals surface area (Å²) in [6, 6.07) is 15.9. The Labute approximate surface area is 176 Å². The number of thiophene rings is 2. The summed E-state index contributed by atoms with van der Waals surface area (Å²) in [6.07, 6.45) is 2.46. The monoisotopic (exact) mass is 408 g/mol. The van der Waals surface area contributed by atoms with Crippen LogP contribution in [0, 0.1) is 0 Å². The average molecular weight is 409 g/mol. The number of rotatable bonds is 7. The number of hydrogen-bond donors (Lipinski definition) is 1. The molecule has 28 heavy (non-hydrogen) atoms. The lowest BCUT2D eigenvalue weighted by atomic mass is 9.97. The molecule has 0 atom stereocenters. The Balaban J connectivity index is 1.33. The summed E-state index contributed by atoms with van der Waals surface area (Å²) in [4.78, 5) is 2.58. The van der Waals surface area contributed by atoms with Crippen molar-refractivity contribution in [2.75, 3.05) is 19.6 Å². The van der Waals surface area contributed by atoms with E-state index in [1.807, 2.05) is 0 Å². The van der Waals surface area contributed by atoms with E-state index >= 15 is 0 Å². The summed E-state index contributed by atoms with van der Waals surface area (Å²) >= 11 is 3.55. The van der Waals surface area contributed by atoms with Crippen molar-refractivity contribution in [3.8, 4) is 0 Å². The molecule has 0 radical (unpaired) electrons. The molecule has 4 rings (SSSR count). The molecule has 0 unspecified atom stereocenters. The van der Waals surface area contributed by atoms with Crippen LogP contribution < -0.4 is 5.32 Å². The van der Waals surface area contributed by atoms with Gasteiger partial charge in [0, 0.05) is 19.1 Å². The molecule has 0 bridgehead atoms. The standard InChI is InChI=1S/C24H28N2S2/c1-19(24(21-9-13-27-17-21)22-10-14-28-18-22)15-25-23-7-11-26(12-8-23)16-20-5-3-2-4-6-20/h2-6,9-10,13-14,17-18,23,25H,7-8,11-12,15-16H2,1H3. The SMILES string of the molecule is CC(CNC1CCN(Cc2ccccc2)CC1)=C(c1ccsc1)c1ccsc1. The van der Waals surface area contributed by atoms with E-state index in [0.29, 0.717) is 6.04 Å². The van der Waals surface area contributed by atoms with Crippen LogP contribution in [0.3, 0.4) is 0 Å². The topological polar surface area (TPSA) is 15.3 Å². The predicted octanol–water partition coefficient (Wildman–Crippen LogP) is 5.89. The minimum atomic E-state index is 0.619. The van der Waals surface area contributed by atoms with E-state index in [-0.39, 0.29) is 0 Å². The van der Waals surface area contributed by atoms with Crippen LogP contribution in [-0.4, -0.2) is 30.6 Å². The van der Waals surface area contributed by atoms with Gasteiger partial charge in [0.05, 0.1) is 0 Å². The van der Waals surface area contributed by atoms with Crippen molar-refractivity contribution in [2.24, 2.45) is 0 Å². The van der Waals surface area contributed by atoms with Crippen LogP contribution in [0.4, 0.5) is 0 Å². The highest BCUT2D eigenvalue weighted by molar-refractivity contribution is 7.08. The number of nitrogens with one attached hydrogen (secondary N) is 1. The number of benzene rings is 1. The molecule has 1 aliphatic rings. The highest BCUT2D eigenvalue weighted by Crippen LogP contribution is 2.30. The third-order valence-electron chi connectivity index (χ3n) is 5.54. The first kappa shape index (κ1) is 19.6. The average Bonchev–Trinajstić information content (AvgIpc) is 3.44. The fourth-order valence-electron chi connectivity index (χ4n) is 4.00. The van der Waals surface area contributed by atoms with Crippen molar-refractivity contribution in [3.63, 3.8) is 0 Å². The summed E-state index contributed by atoms with van der Waals surface area (Å²) in [5.41, 5.74) is 6.95. The largest absolute Gasteiger partial charge is 0.310 e. The van der Waals surface area contributed by atoms with Crippen LogP contribution in [-0.2, 0) is 6.54 Å². The first-order valence-electron chi connectivity index (χ1n) is 10.0. The molecule has 3 heterocycles. The second kappa shape index (κ2) is 9.66. The molecule has 0 spiro atoms. The van der Waals surface area contributed by atoms with Crippen molar-refractivity contribution in [3.05, 3.63) is 86.2 Å². The lowest BCUT2D eigenvalue weighted by Crippen LogP contribution is -2.42. The molecule has 1 saturated heterocycles. The number of hydrogen-bond acceptors (Lipinski definition) is 4. The van der Waals surface area contributed by atoms with E-state index in [9.17, 15) is 0 Å². The van der Waals surface area contributed by atoms with Crippen molar-refractivity contribution in [2.45, 2.75) is 32.4 Å². The van der Waals surface area contributed by atoms with Crippen molar-refractivity contribution in [1.29, 1.82) is 0 Å². The maximum atomic E-state index is 3.83. The minimum absolute atomic E-state index is 0.619. The summed E-state index contributed by atoms with van der Waals surface area (Å²) in [5, 5.41) is 12.7. The zero-order valence-electron chi connectivity index (χ0n) is 16.4. The summed E-state index contributed by atoms with van der Waals surface area (Å²) < 4.78 is 0. The highest BCUT2D eigenvalue weighted by atomic mass is 32.1. The Morgan fingerprint density at radius 2 is 1.61 bits per heavy atom.